The maximum absolute atomic E-state index is 13.2. The summed E-state index contributed by atoms with van der Waals surface area (Å²) in [6, 6.07) is 10.6. The van der Waals surface area contributed by atoms with E-state index in [1.54, 1.807) is 6.26 Å². The fraction of sp³-hybridized carbons (Fsp3) is 0.476. The molecule has 0 radical (unpaired) electrons. The predicted molar refractivity (Wildman–Crippen MR) is 103 cm³/mol. The van der Waals surface area contributed by atoms with Gasteiger partial charge in [-0.3, -0.25) is 4.90 Å². The number of hydrogen-bond acceptors (Lipinski definition) is 3. The van der Waals surface area contributed by atoms with Crippen LogP contribution in [-0.4, -0.2) is 41.5 Å². The molecular formula is C21H28FN3O2. The van der Waals surface area contributed by atoms with Crippen molar-refractivity contribution in [1.82, 2.24) is 15.1 Å². The van der Waals surface area contributed by atoms with Crippen LogP contribution >= 0.6 is 0 Å². The van der Waals surface area contributed by atoms with Gasteiger partial charge in [-0.25, -0.2) is 9.18 Å². The van der Waals surface area contributed by atoms with E-state index in [-0.39, 0.29) is 17.9 Å². The molecule has 0 saturated carbocycles. The molecule has 1 unspecified atom stereocenters. The molecule has 0 spiro atoms. The predicted octanol–water partition coefficient (Wildman–Crippen LogP) is 3.86. The summed E-state index contributed by atoms with van der Waals surface area (Å²) in [5.41, 5.74) is 1.10. The van der Waals surface area contributed by atoms with Crippen molar-refractivity contribution in [3.63, 3.8) is 0 Å². The average molecular weight is 373 g/mol. The number of rotatable bonds is 5. The van der Waals surface area contributed by atoms with E-state index in [0.29, 0.717) is 19.0 Å². The van der Waals surface area contributed by atoms with Crippen LogP contribution in [0.25, 0.3) is 0 Å². The van der Waals surface area contributed by atoms with E-state index in [4.69, 9.17) is 4.42 Å². The van der Waals surface area contributed by atoms with Crippen molar-refractivity contribution >= 4 is 6.03 Å². The number of carbonyl (C=O) groups is 1. The summed E-state index contributed by atoms with van der Waals surface area (Å²) in [4.78, 5) is 16.9. The number of hydrogen-bond donors (Lipinski definition) is 1. The Labute approximate surface area is 160 Å². The highest BCUT2D eigenvalue weighted by Crippen LogP contribution is 2.20. The first-order chi connectivity index (χ1) is 13.0. The van der Waals surface area contributed by atoms with Gasteiger partial charge in [-0.1, -0.05) is 26.0 Å². The van der Waals surface area contributed by atoms with Gasteiger partial charge in [0, 0.05) is 32.2 Å². The van der Waals surface area contributed by atoms with Gasteiger partial charge in [0.05, 0.1) is 12.8 Å². The number of nitrogens with zero attached hydrogens (tertiary/aromatic N) is 2. The third kappa shape index (κ3) is 5.32. The first kappa shape index (κ1) is 19.4. The molecule has 1 aromatic heterocycles. The zero-order valence-corrected chi connectivity index (χ0v) is 16.0. The van der Waals surface area contributed by atoms with Crippen LogP contribution in [0.3, 0.4) is 0 Å². The molecule has 1 aliphatic rings. The van der Waals surface area contributed by atoms with E-state index in [1.165, 1.54) is 12.1 Å². The van der Waals surface area contributed by atoms with Gasteiger partial charge in [0.2, 0.25) is 0 Å². The molecule has 2 heterocycles. The minimum Gasteiger partial charge on any atom is -0.467 e. The monoisotopic (exact) mass is 373 g/mol. The van der Waals surface area contributed by atoms with Gasteiger partial charge < -0.3 is 14.6 Å². The molecule has 3 rings (SSSR count). The fourth-order valence-electron chi connectivity index (χ4n) is 3.59. The number of carbonyl (C=O) groups excluding carboxylic acids is 1. The average Bonchev–Trinajstić information content (AvgIpc) is 3.08. The molecule has 6 heteroatoms. The molecule has 146 valence electrons. The third-order valence-corrected chi connectivity index (χ3v) is 5.10. The molecule has 0 bridgehead atoms. The second-order valence-corrected chi connectivity index (χ2v) is 7.45. The van der Waals surface area contributed by atoms with Gasteiger partial charge in [0.25, 0.3) is 0 Å². The summed E-state index contributed by atoms with van der Waals surface area (Å²) in [6.07, 6.45) is 2.52. The minimum absolute atomic E-state index is 0.0549. The Kier molecular flexibility index (Phi) is 6.50. The Morgan fingerprint density at radius 2 is 2.04 bits per heavy atom. The van der Waals surface area contributed by atoms with Crippen molar-refractivity contribution in [2.45, 2.75) is 39.4 Å². The molecule has 1 saturated heterocycles. The molecule has 2 amide bonds. The Balaban J connectivity index is 1.63. The normalized spacial score (nSPS) is 18.5. The van der Waals surface area contributed by atoms with Crippen LogP contribution in [0.5, 0.6) is 0 Å². The first-order valence-corrected chi connectivity index (χ1v) is 9.56. The van der Waals surface area contributed by atoms with Crippen molar-refractivity contribution in [2.24, 2.45) is 5.92 Å². The van der Waals surface area contributed by atoms with E-state index in [9.17, 15) is 9.18 Å². The Hall–Kier alpha value is -2.34. The van der Waals surface area contributed by atoms with Gasteiger partial charge in [0.15, 0.2) is 0 Å². The van der Waals surface area contributed by atoms with Crippen LogP contribution in [0.15, 0.2) is 47.1 Å². The maximum Gasteiger partial charge on any atom is 0.317 e. The third-order valence-electron chi connectivity index (χ3n) is 5.10. The van der Waals surface area contributed by atoms with Crippen LogP contribution in [0, 0.1) is 11.7 Å². The van der Waals surface area contributed by atoms with E-state index in [2.05, 4.69) is 24.1 Å². The zero-order chi connectivity index (χ0) is 19.2. The SMILES string of the molecule is CC(C)C1CN(C(=O)NCc2ccco2)CCCN1Cc1ccc(F)cc1. The maximum atomic E-state index is 13.2. The second kappa shape index (κ2) is 9.04. The van der Waals surface area contributed by atoms with E-state index < -0.39 is 0 Å². The molecule has 0 aliphatic carbocycles. The highest BCUT2D eigenvalue weighted by molar-refractivity contribution is 5.74. The van der Waals surface area contributed by atoms with E-state index in [0.717, 1.165) is 37.4 Å². The number of urea groups is 1. The second-order valence-electron chi connectivity index (χ2n) is 7.45. The van der Waals surface area contributed by atoms with Crippen molar-refractivity contribution in [3.8, 4) is 0 Å². The quantitative estimate of drug-likeness (QED) is 0.866. The molecular weight excluding hydrogens is 345 g/mol. The molecule has 27 heavy (non-hydrogen) atoms. The van der Waals surface area contributed by atoms with Gasteiger partial charge in [-0.2, -0.15) is 0 Å². The molecule has 1 fully saturated rings. The van der Waals surface area contributed by atoms with Gasteiger partial charge in [-0.15, -0.1) is 0 Å². The minimum atomic E-state index is -0.213. The highest BCUT2D eigenvalue weighted by Gasteiger charge is 2.29. The van der Waals surface area contributed by atoms with Crippen molar-refractivity contribution in [3.05, 3.63) is 59.8 Å². The van der Waals surface area contributed by atoms with Crippen molar-refractivity contribution in [1.29, 1.82) is 0 Å². The number of furan rings is 1. The highest BCUT2D eigenvalue weighted by atomic mass is 19.1. The summed E-state index contributed by atoms with van der Waals surface area (Å²) in [7, 11) is 0. The molecule has 1 aliphatic heterocycles. The molecule has 5 nitrogen and oxygen atoms in total. The Bertz CT molecular complexity index is 716. The van der Waals surface area contributed by atoms with Crippen molar-refractivity contribution in [2.75, 3.05) is 19.6 Å². The number of amides is 2. The number of nitrogens with one attached hydrogen (secondary N) is 1. The zero-order valence-electron chi connectivity index (χ0n) is 16.0. The lowest BCUT2D eigenvalue weighted by molar-refractivity contribution is 0.135. The van der Waals surface area contributed by atoms with Crippen LogP contribution < -0.4 is 5.32 Å². The van der Waals surface area contributed by atoms with E-state index in [1.807, 2.05) is 29.2 Å². The lowest BCUT2D eigenvalue weighted by atomic mass is 10.0. The topological polar surface area (TPSA) is 48.7 Å². The lowest BCUT2D eigenvalue weighted by Gasteiger charge is -2.34. The molecule has 2 aromatic rings. The van der Waals surface area contributed by atoms with Crippen LogP contribution in [0.2, 0.25) is 0 Å². The van der Waals surface area contributed by atoms with Crippen LogP contribution in [0.4, 0.5) is 9.18 Å². The Morgan fingerprint density at radius 3 is 2.70 bits per heavy atom. The van der Waals surface area contributed by atoms with Gasteiger partial charge >= 0.3 is 6.03 Å². The summed E-state index contributed by atoms with van der Waals surface area (Å²) in [6.45, 7) is 7.87. The van der Waals surface area contributed by atoms with Crippen molar-refractivity contribution < 1.29 is 13.6 Å². The summed E-state index contributed by atoms with van der Waals surface area (Å²) in [5, 5.41) is 2.95. The lowest BCUT2D eigenvalue weighted by Crippen LogP contribution is -2.48. The smallest absolute Gasteiger partial charge is 0.317 e. The number of halogens is 1. The molecule has 1 N–H and O–H groups in total. The summed E-state index contributed by atoms with van der Waals surface area (Å²) >= 11 is 0. The summed E-state index contributed by atoms with van der Waals surface area (Å²) in [5.74, 6) is 0.940. The fourth-order valence-corrected chi connectivity index (χ4v) is 3.59. The molecule has 1 atom stereocenters. The van der Waals surface area contributed by atoms with Gasteiger partial charge in [0.1, 0.15) is 11.6 Å². The number of benzene rings is 1. The first-order valence-electron chi connectivity index (χ1n) is 9.56. The Morgan fingerprint density at radius 1 is 1.26 bits per heavy atom. The standard InChI is InChI=1S/C21H28FN3O2/c1-16(2)20-15-25(21(26)23-13-19-5-3-12-27-19)11-4-10-24(20)14-17-6-8-18(22)9-7-17/h3,5-9,12,16,20H,4,10-11,13-15H2,1-2H3,(H,23,26). The van der Waals surface area contributed by atoms with Crippen LogP contribution in [0.1, 0.15) is 31.6 Å². The van der Waals surface area contributed by atoms with Gasteiger partial charge in [-0.05, 0) is 42.2 Å². The van der Waals surface area contributed by atoms with Crippen LogP contribution in [-0.2, 0) is 13.1 Å². The summed E-state index contributed by atoms with van der Waals surface area (Å²) < 4.78 is 18.5. The molecule has 1 aromatic carbocycles. The largest absolute Gasteiger partial charge is 0.467 e. The van der Waals surface area contributed by atoms with E-state index >= 15 is 0 Å².